The van der Waals surface area contributed by atoms with E-state index in [9.17, 15) is 14.4 Å². The molecule has 4 rings (SSSR count). The number of halogens is 1. The number of carbonyl (C=O) groups excluding carboxylic acids is 3. The summed E-state index contributed by atoms with van der Waals surface area (Å²) in [5.41, 5.74) is 1.33. The Hall–Kier alpha value is -3.06. The molecule has 2 aromatic rings. The maximum Gasteiger partial charge on any atom is 0.257 e. The van der Waals surface area contributed by atoms with Gasteiger partial charge in [0.1, 0.15) is 11.4 Å². The number of ether oxygens (including phenoxy) is 1. The van der Waals surface area contributed by atoms with Crippen LogP contribution >= 0.6 is 11.6 Å². The highest BCUT2D eigenvalue weighted by Gasteiger charge is 2.52. The van der Waals surface area contributed by atoms with Crippen LogP contribution in [0.5, 0.6) is 5.75 Å². The van der Waals surface area contributed by atoms with Crippen molar-refractivity contribution in [2.75, 3.05) is 25.6 Å². The van der Waals surface area contributed by atoms with Crippen molar-refractivity contribution in [2.45, 2.75) is 44.8 Å². The van der Waals surface area contributed by atoms with E-state index in [0.717, 1.165) is 5.56 Å². The quantitative estimate of drug-likeness (QED) is 0.612. The molecule has 2 heterocycles. The normalized spacial score (nSPS) is 19.4. The van der Waals surface area contributed by atoms with Crippen molar-refractivity contribution in [2.24, 2.45) is 0 Å². The highest BCUT2D eigenvalue weighted by atomic mass is 35.5. The predicted molar refractivity (Wildman–Crippen MR) is 126 cm³/mol. The smallest absolute Gasteiger partial charge is 0.257 e. The summed E-state index contributed by atoms with van der Waals surface area (Å²) in [4.78, 5) is 43.9. The Morgan fingerprint density at radius 2 is 1.97 bits per heavy atom. The van der Waals surface area contributed by atoms with Gasteiger partial charge in [-0.2, -0.15) is 0 Å². The Morgan fingerprint density at radius 1 is 1.21 bits per heavy atom. The van der Waals surface area contributed by atoms with Gasteiger partial charge in [0.05, 0.1) is 18.4 Å². The average Bonchev–Trinajstić information content (AvgIpc) is 3.11. The number of para-hydroxylation sites is 1. The number of carbonyl (C=O) groups is 3. The third-order valence-electron chi connectivity index (χ3n) is 6.59. The molecule has 0 spiro atoms. The maximum atomic E-state index is 13.3. The van der Waals surface area contributed by atoms with Gasteiger partial charge < -0.3 is 14.5 Å². The van der Waals surface area contributed by atoms with Gasteiger partial charge in [0, 0.05) is 43.6 Å². The van der Waals surface area contributed by atoms with Gasteiger partial charge in [-0.25, -0.2) is 0 Å². The molecule has 0 aliphatic carbocycles. The minimum Gasteiger partial charge on any atom is -0.496 e. The van der Waals surface area contributed by atoms with Crippen LogP contribution in [0.2, 0.25) is 5.02 Å². The molecule has 7 nitrogen and oxygen atoms in total. The van der Waals surface area contributed by atoms with E-state index in [1.807, 2.05) is 19.1 Å². The van der Waals surface area contributed by atoms with E-state index >= 15 is 0 Å². The van der Waals surface area contributed by atoms with Crippen molar-refractivity contribution in [3.05, 3.63) is 58.6 Å². The first-order chi connectivity index (χ1) is 15.8. The maximum absolute atomic E-state index is 13.3. The number of amides is 3. The molecule has 2 aliphatic heterocycles. The Kier molecular flexibility index (Phi) is 6.34. The van der Waals surface area contributed by atoms with E-state index in [2.05, 4.69) is 0 Å². The number of benzene rings is 2. The molecule has 0 radical (unpaired) electrons. The molecule has 3 amide bonds. The van der Waals surface area contributed by atoms with Crippen LogP contribution in [0.4, 0.5) is 5.69 Å². The number of rotatable bonds is 7. The Bertz CT molecular complexity index is 1100. The molecular formula is C25H28ClN3O4. The van der Waals surface area contributed by atoms with Crippen LogP contribution in [0.3, 0.4) is 0 Å². The second kappa shape index (κ2) is 9.06. The van der Waals surface area contributed by atoms with Crippen LogP contribution in [-0.2, 0) is 16.1 Å². The standard InChI is InChI=1S/C25H28ClN3O4/c1-25-13-12-23(31)29(25)20-8-5-4-7-19(20)24(32)28(25)14-6-9-22(30)27(2)16-17-15-18(26)10-11-21(17)33-3/h4-5,7-8,10-11,15H,6,9,12-14,16H2,1-3H3. The van der Waals surface area contributed by atoms with Crippen molar-refractivity contribution in [1.82, 2.24) is 9.80 Å². The summed E-state index contributed by atoms with van der Waals surface area (Å²) in [6.45, 7) is 2.71. The van der Waals surface area contributed by atoms with E-state index in [4.69, 9.17) is 16.3 Å². The molecule has 174 valence electrons. The largest absolute Gasteiger partial charge is 0.496 e. The van der Waals surface area contributed by atoms with Gasteiger partial charge >= 0.3 is 0 Å². The molecule has 2 aliphatic rings. The van der Waals surface area contributed by atoms with Crippen molar-refractivity contribution in [1.29, 1.82) is 0 Å². The topological polar surface area (TPSA) is 70.2 Å². The lowest BCUT2D eigenvalue weighted by Crippen LogP contribution is -2.62. The summed E-state index contributed by atoms with van der Waals surface area (Å²) in [6.07, 6.45) is 1.77. The lowest BCUT2D eigenvalue weighted by atomic mass is 9.98. The monoisotopic (exact) mass is 469 g/mol. The number of anilines is 1. The molecular weight excluding hydrogens is 442 g/mol. The number of fused-ring (bicyclic) bond motifs is 3. The van der Waals surface area contributed by atoms with Crippen LogP contribution in [0.1, 0.15) is 48.5 Å². The van der Waals surface area contributed by atoms with Crippen LogP contribution < -0.4 is 9.64 Å². The van der Waals surface area contributed by atoms with Gasteiger partial charge in [-0.15, -0.1) is 0 Å². The number of nitrogens with zero attached hydrogens (tertiary/aromatic N) is 3. The van der Waals surface area contributed by atoms with Gasteiger partial charge in [-0.1, -0.05) is 23.7 Å². The zero-order valence-corrected chi connectivity index (χ0v) is 19.9. The third kappa shape index (κ3) is 4.17. The van der Waals surface area contributed by atoms with Crippen LogP contribution in [0, 0.1) is 0 Å². The summed E-state index contributed by atoms with van der Waals surface area (Å²) >= 11 is 6.10. The minimum atomic E-state index is -0.703. The molecule has 1 saturated heterocycles. The minimum absolute atomic E-state index is 0.0220. The van der Waals surface area contributed by atoms with Crippen LogP contribution in [0.15, 0.2) is 42.5 Å². The Labute approximate surface area is 198 Å². The van der Waals surface area contributed by atoms with Crippen molar-refractivity contribution in [3.63, 3.8) is 0 Å². The molecule has 0 saturated carbocycles. The third-order valence-corrected chi connectivity index (χ3v) is 6.83. The second-order valence-electron chi connectivity index (χ2n) is 8.73. The lowest BCUT2D eigenvalue weighted by molar-refractivity contribution is -0.130. The van der Waals surface area contributed by atoms with Crippen LogP contribution in [-0.4, -0.2) is 53.9 Å². The SMILES string of the molecule is COc1ccc(Cl)cc1CN(C)C(=O)CCCN1C(=O)c2ccccc2N2C(=O)CCC12C. The number of methoxy groups -OCH3 is 1. The van der Waals surface area contributed by atoms with Crippen molar-refractivity contribution in [3.8, 4) is 5.75 Å². The molecule has 0 aromatic heterocycles. The summed E-state index contributed by atoms with van der Waals surface area (Å²) in [6, 6.07) is 12.6. The molecule has 0 N–H and O–H groups in total. The average molecular weight is 470 g/mol. The highest BCUT2D eigenvalue weighted by molar-refractivity contribution is 6.30. The summed E-state index contributed by atoms with van der Waals surface area (Å²) < 4.78 is 5.37. The van der Waals surface area contributed by atoms with Crippen molar-refractivity contribution < 1.29 is 19.1 Å². The fourth-order valence-corrected chi connectivity index (χ4v) is 5.03. The van der Waals surface area contributed by atoms with Gasteiger partial charge in [0.2, 0.25) is 11.8 Å². The molecule has 0 bridgehead atoms. The first kappa shape index (κ1) is 23.1. The Morgan fingerprint density at radius 3 is 2.73 bits per heavy atom. The van der Waals surface area contributed by atoms with E-state index < -0.39 is 5.66 Å². The van der Waals surface area contributed by atoms with Gasteiger partial charge in [0.25, 0.3) is 5.91 Å². The zero-order valence-electron chi connectivity index (χ0n) is 19.1. The molecule has 33 heavy (non-hydrogen) atoms. The van der Waals surface area contributed by atoms with E-state index in [1.165, 1.54) is 0 Å². The summed E-state index contributed by atoms with van der Waals surface area (Å²) in [5.74, 6) is 0.569. The lowest BCUT2D eigenvalue weighted by Gasteiger charge is -2.48. The summed E-state index contributed by atoms with van der Waals surface area (Å²) in [7, 11) is 3.32. The first-order valence-electron chi connectivity index (χ1n) is 11.1. The first-order valence-corrected chi connectivity index (χ1v) is 11.4. The van der Waals surface area contributed by atoms with Crippen molar-refractivity contribution >= 4 is 35.0 Å². The Balaban J connectivity index is 1.43. The molecule has 1 unspecified atom stereocenters. The van der Waals surface area contributed by atoms with Gasteiger partial charge in [-0.05, 0) is 50.1 Å². The number of hydrogen-bond acceptors (Lipinski definition) is 4. The van der Waals surface area contributed by atoms with E-state index in [1.54, 1.807) is 59.2 Å². The predicted octanol–water partition coefficient (Wildman–Crippen LogP) is 4.09. The summed E-state index contributed by atoms with van der Waals surface area (Å²) in [5, 5.41) is 0.583. The molecule has 1 fully saturated rings. The second-order valence-corrected chi connectivity index (χ2v) is 9.17. The van der Waals surface area contributed by atoms with E-state index in [-0.39, 0.29) is 24.1 Å². The molecule has 8 heteroatoms. The van der Waals surface area contributed by atoms with Gasteiger partial charge in [0.15, 0.2) is 0 Å². The number of hydrogen-bond donors (Lipinski definition) is 0. The molecule has 1 atom stereocenters. The fourth-order valence-electron chi connectivity index (χ4n) is 4.84. The highest BCUT2D eigenvalue weighted by Crippen LogP contribution is 2.44. The molecule has 2 aromatic carbocycles. The van der Waals surface area contributed by atoms with Crippen LogP contribution in [0.25, 0.3) is 0 Å². The fraction of sp³-hybridized carbons (Fsp3) is 0.400. The van der Waals surface area contributed by atoms with Gasteiger partial charge in [-0.3, -0.25) is 19.3 Å². The van der Waals surface area contributed by atoms with E-state index in [0.29, 0.717) is 54.4 Å². The zero-order chi connectivity index (χ0) is 23.8.